The fourth-order valence-electron chi connectivity index (χ4n) is 5.23. The predicted molar refractivity (Wildman–Crippen MR) is 316 cm³/mol. The summed E-state index contributed by atoms with van der Waals surface area (Å²) >= 11 is 17.8. The summed E-state index contributed by atoms with van der Waals surface area (Å²) in [5.74, 6) is 3.23. The van der Waals surface area contributed by atoms with Crippen LogP contribution in [0.2, 0.25) is 0 Å². The molecule has 64 heavy (non-hydrogen) atoms. The van der Waals surface area contributed by atoms with Gasteiger partial charge in [-0.2, -0.15) is 0 Å². The van der Waals surface area contributed by atoms with Crippen LogP contribution in [0.25, 0.3) is 0 Å². The Morgan fingerprint density at radius 3 is 1.28 bits per heavy atom. The third kappa shape index (κ3) is 20.5. The molecule has 0 radical (unpaired) electrons. The molecular weight excluding hydrogens is 1730 g/mol. The molecule has 4 rings (SSSR count). The van der Waals surface area contributed by atoms with Crippen LogP contribution in [0.4, 0.5) is 4.79 Å². The van der Waals surface area contributed by atoms with Gasteiger partial charge in [-0.15, -0.1) is 0 Å². The highest BCUT2D eigenvalue weighted by Gasteiger charge is 2.21. The minimum atomic E-state index is -1.16. The minimum absolute atomic E-state index is 0. The second-order valence-corrected chi connectivity index (χ2v) is 24.4. The normalized spacial score (nSPS) is 13.0. The van der Waals surface area contributed by atoms with Crippen molar-refractivity contribution >= 4 is 193 Å². The van der Waals surface area contributed by atoms with Crippen molar-refractivity contribution in [1.82, 2.24) is 5.32 Å². The lowest BCUT2D eigenvalue weighted by atomic mass is 10.1. The van der Waals surface area contributed by atoms with E-state index in [4.69, 9.17) is 23.7 Å². The Hall–Kier alpha value is 0.540. The average Bonchev–Trinajstić information content (AvgIpc) is 3.16. The van der Waals surface area contributed by atoms with Gasteiger partial charge in [0.15, 0.2) is 11.5 Å². The highest BCUT2D eigenvalue weighted by Crippen LogP contribution is 2.39. The topological polar surface area (TPSA) is 183 Å². The van der Waals surface area contributed by atoms with Crippen LogP contribution in [0.15, 0.2) is 48.5 Å². The van der Waals surface area contributed by atoms with Crippen molar-refractivity contribution in [3.63, 3.8) is 0 Å². The Bertz CT molecular complexity index is 2120. The smallest absolute Gasteiger partial charge is 0.407 e. The summed E-state index contributed by atoms with van der Waals surface area (Å²) in [7, 11) is 0. The van der Waals surface area contributed by atoms with Crippen LogP contribution >= 0.6 is 181 Å². The highest BCUT2D eigenvalue weighted by molar-refractivity contribution is 14.1. The van der Waals surface area contributed by atoms with Gasteiger partial charge in [-0.05, 0) is 287 Å². The molecule has 354 valence electrons. The molecule has 0 aliphatic rings. The summed E-state index contributed by atoms with van der Waals surface area (Å²) in [5, 5.41) is 33.4. The number of carbonyl (C=O) groups excluding carboxylic acids is 2. The lowest BCUT2D eigenvalue weighted by Crippen LogP contribution is -2.69. The monoisotopic (exact) mass is 1780 g/mol. The fraction of sp³-hybridized carbons (Fsp3) is 0.409. The first kappa shape index (κ1) is 60.7. The molecule has 4 unspecified atom stereocenters. The summed E-state index contributed by atoms with van der Waals surface area (Å²) in [6.45, 7) is 11.8. The lowest BCUT2D eigenvalue weighted by molar-refractivity contribution is -0.437. The zero-order chi connectivity index (χ0) is 47.3. The lowest BCUT2D eigenvalue weighted by Gasteiger charge is -2.22. The van der Waals surface area contributed by atoms with E-state index in [1.807, 2.05) is 77.9 Å². The maximum atomic E-state index is 12.0. The van der Waals surface area contributed by atoms with Gasteiger partial charge in [-0.1, -0.05) is 21.3 Å². The van der Waals surface area contributed by atoms with E-state index in [-0.39, 0.29) is 26.7 Å². The summed E-state index contributed by atoms with van der Waals surface area (Å²) in [6.07, 6.45) is 0.887. The Labute approximate surface area is 485 Å². The molecule has 1 amide bonds. The summed E-state index contributed by atoms with van der Waals surface area (Å²) < 4.78 is 36.7. The van der Waals surface area contributed by atoms with Crippen molar-refractivity contribution < 1.29 is 54.3 Å². The van der Waals surface area contributed by atoms with Crippen LogP contribution < -0.4 is 35.1 Å². The van der Waals surface area contributed by atoms with Gasteiger partial charge in [0, 0.05) is 12.5 Å². The SMILES string of the molecule is C.CCC(O)COc1c(I)cc(Oc2c(I)cc(CC(C)NC(=O)OC(C)(C)C)cc2I)cc1I.CCC(O)COc1c(I)cc(Oc2c(I)cc(CC([NH3+])C(=O)[O-])cc2I)cc1I. The number of aliphatic carboxylic acids is 1. The third-order valence-corrected chi connectivity index (χ3v) is 14.8. The van der Waals surface area contributed by atoms with Crippen molar-refractivity contribution in [2.24, 2.45) is 0 Å². The first-order valence-corrected chi connectivity index (χ1v) is 28.0. The van der Waals surface area contributed by atoms with Gasteiger partial charge in [-0.25, -0.2) is 4.79 Å². The molecule has 0 aliphatic carbocycles. The zero-order valence-corrected chi connectivity index (χ0v) is 52.3. The number of nitrogens with one attached hydrogen (secondary N) is 1. The standard InChI is InChI=1S/C24H29I4NO5.C19H19I4NO5.CH4/c1-6-15(30)12-32-21-19(27)10-16(11-20(21)28)33-22-17(25)8-14(9-18(22)26)7-13(2)29-23(31)34-24(3,4)5;1-2-10(25)8-28-17-14(22)6-11(7-15(17)23)29-18-12(20)3-9(4-13(18)21)5-16(24)19(26)27;/h8-11,13,15,30H,6-7,12H2,1-5H3,(H,29,31);3-4,6-7,10,16,25H,2,5,8,24H2,1H3,(H,26,27);1H4. The predicted octanol–water partition coefficient (Wildman–Crippen LogP) is 11.1. The average molecular weight is 1780 g/mol. The number of ether oxygens (including phenoxy) is 5. The number of carboxylic acid groups (broad SMARTS) is 1. The quantitative estimate of drug-likeness (QED) is 0.0700. The van der Waals surface area contributed by atoms with E-state index in [2.05, 4.69) is 204 Å². The number of aliphatic hydroxyl groups is 2. The van der Waals surface area contributed by atoms with Crippen molar-refractivity contribution in [3.8, 4) is 34.5 Å². The number of halogens is 8. The van der Waals surface area contributed by atoms with E-state index in [0.29, 0.717) is 37.2 Å². The molecule has 12 nitrogen and oxygen atoms in total. The van der Waals surface area contributed by atoms with E-state index < -0.39 is 35.9 Å². The number of benzene rings is 4. The van der Waals surface area contributed by atoms with Crippen molar-refractivity contribution in [2.75, 3.05) is 13.2 Å². The Balaban J connectivity index is 0.000000438. The first-order valence-electron chi connectivity index (χ1n) is 19.4. The Morgan fingerprint density at radius 1 is 0.641 bits per heavy atom. The number of quaternary nitrogens is 1. The van der Waals surface area contributed by atoms with Crippen LogP contribution in [0.5, 0.6) is 34.5 Å². The molecule has 0 aliphatic heterocycles. The van der Waals surface area contributed by atoms with E-state index in [1.54, 1.807) is 0 Å². The van der Waals surface area contributed by atoms with Crippen LogP contribution in [0, 0.1) is 28.6 Å². The maximum absolute atomic E-state index is 12.0. The molecule has 0 spiro atoms. The second-order valence-electron chi connectivity index (χ2n) is 15.1. The highest BCUT2D eigenvalue weighted by atomic mass is 127. The number of hydrogen-bond acceptors (Lipinski definition) is 10. The second kappa shape index (κ2) is 29.0. The number of carbonyl (C=O) groups is 2. The van der Waals surface area contributed by atoms with Crippen LogP contribution in [0.3, 0.4) is 0 Å². The molecule has 6 N–H and O–H groups in total. The molecule has 4 atom stereocenters. The van der Waals surface area contributed by atoms with E-state index in [9.17, 15) is 24.9 Å². The van der Waals surface area contributed by atoms with Gasteiger partial charge in [0.25, 0.3) is 0 Å². The van der Waals surface area contributed by atoms with Gasteiger partial charge in [0.05, 0.1) is 46.7 Å². The summed E-state index contributed by atoms with van der Waals surface area (Å²) in [6, 6.07) is 14.7. The molecule has 4 aromatic rings. The number of carboxylic acids is 1. The largest absolute Gasteiger partial charge is 0.544 e. The molecule has 20 heteroatoms. The number of aliphatic hydroxyl groups excluding tert-OH is 2. The van der Waals surface area contributed by atoms with Crippen LogP contribution in [-0.4, -0.2) is 65.4 Å². The van der Waals surface area contributed by atoms with E-state index in [0.717, 1.165) is 62.7 Å². The summed E-state index contributed by atoms with van der Waals surface area (Å²) in [5.41, 5.74) is 5.07. The Morgan fingerprint density at radius 2 is 0.969 bits per heavy atom. The number of amides is 1. The number of hydrogen-bond donors (Lipinski definition) is 4. The van der Waals surface area contributed by atoms with Gasteiger partial charge in [0.2, 0.25) is 0 Å². The molecule has 0 saturated heterocycles. The fourth-order valence-corrected chi connectivity index (χ4v) is 13.5. The molecular formula is C44H52I8N2O10. The van der Waals surface area contributed by atoms with Gasteiger partial charge in [-0.3, -0.25) is 0 Å². The van der Waals surface area contributed by atoms with Crippen molar-refractivity contribution in [3.05, 3.63) is 88.2 Å². The number of alkyl carbamates (subject to hydrolysis) is 1. The molecule has 4 aromatic carbocycles. The minimum Gasteiger partial charge on any atom is -0.544 e. The third-order valence-electron chi connectivity index (χ3n) is 8.40. The Kier molecular flexibility index (Phi) is 27.5. The summed E-state index contributed by atoms with van der Waals surface area (Å²) in [4.78, 5) is 23.0. The molecule has 0 bridgehead atoms. The first-order chi connectivity index (χ1) is 29.4. The van der Waals surface area contributed by atoms with Gasteiger partial charge >= 0.3 is 6.09 Å². The molecule has 0 aromatic heterocycles. The van der Waals surface area contributed by atoms with Crippen molar-refractivity contribution in [1.29, 1.82) is 0 Å². The van der Waals surface area contributed by atoms with Gasteiger partial charge in [0.1, 0.15) is 47.9 Å². The van der Waals surface area contributed by atoms with Crippen molar-refractivity contribution in [2.45, 2.75) is 105 Å². The van der Waals surface area contributed by atoms with Crippen LogP contribution in [0.1, 0.15) is 72.9 Å². The number of rotatable bonds is 18. The molecule has 0 saturated carbocycles. The molecule has 0 fully saturated rings. The zero-order valence-electron chi connectivity index (χ0n) is 35.1. The van der Waals surface area contributed by atoms with Gasteiger partial charge < -0.3 is 54.8 Å². The van der Waals surface area contributed by atoms with Crippen LogP contribution in [-0.2, 0) is 22.4 Å². The molecule has 0 heterocycles. The van der Waals surface area contributed by atoms with E-state index >= 15 is 0 Å². The maximum Gasteiger partial charge on any atom is 0.407 e. The van der Waals surface area contributed by atoms with E-state index in [1.165, 1.54) is 0 Å².